The third kappa shape index (κ3) is 4.48. The van der Waals surface area contributed by atoms with E-state index in [-0.39, 0.29) is 0 Å². The molecule has 1 saturated heterocycles. The number of carbonyl (C=O) groups is 1. The van der Waals surface area contributed by atoms with Crippen molar-refractivity contribution < 1.29 is 4.79 Å². The van der Waals surface area contributed by atoms with Crippen LogP contribution < -0.4 is 10.6 Å². The first-order valence-electron chi connectivity index (χ1n) is 11.3. The van der Waals surface area contributed by atoms with E-state index in [1.54, 1.807) is 0 Å². The van der Waals surface area contributed by atoms with Crippen LogP contribution in [0.3, 0.4) is 0 Å². The van der Waals surface area contributed by atoms with Gasteiger partial charge in [0.15, 0.2) is 0 Å². The molecule has 0 saturated carbocycles. The highest BCUT2D eigenvalue weighted by Crippen LogP contribution is 2.38. The highest BCUT2D eigenvalue weighted by molar-refractivity contribution is 6.04. The number of aromatic nitrogens is 1. The molecule has 3 aromatic rings. The highest BCUT2D eigenvalue weighted by atomic mass is 16.1. The third-order valence-corrected chi connectivity index (χ3v) is 6.30. The molecule has 0 spiro atoms. The highest BCUT2D eigenvalue weighted by Gasteiger charge is 2.19. The minimum atomic E-state index is -0.418. The van der Waals surface area contributed by atoms with E-state index < -0.39 is 5.91 Å². The topological polar surface area (TPSA) is 59.2 Å². The number of carbonyl (C=O) groups excluding carboxylic acids is 1. The molecule has 0 atom stereocenters. The lowest BCUT2D eigenvalue weighted by molar-refractivity contribution is 0.100. The Morgan fingerprint density at radius 3 is 2.16 bits per heavy atom. The summed E-state index contributed by atoms with van der Waals surface area (Å²) in [4.78, 5) is 19.5. The number of anilines is 1. The molecule has 2 heterocycles. The number of hydrogen-bond acceptors (Lipinski definition) is 3. The number of nitrogens with two attached hydrogens (primary N) is 1. The third-order valence-electron chi connectivity index (χ3n) is 6.30. The minimum absolute atomic E-state index is 0.418. The van der Waals surface area contributed by atoms with Crippen molar-refractivity contribution in [2.75, 3.05) is 18.0 Å². The maximum Gasteiger partial charge on any atom is 0.249 e. The van der Waals surface area contributed by atoms with Gasteiger partial charge in [-0.15, -0.1) is 0 Å². The number of nitrogens with zero attached hydrogens (tertiary/aromatic N) is 2. The van der Waals surface area contributed by atoms with Gasteiger partial charge in [-0.05, 0) is 66.6 Å². The molecule has 4 rings (SSSR count). The van der Waals surface area contributed by atoms with Crippen molar-refractivity contribution in [3.8, 4) is 22.3 Å². The molecular formula is C27H31N3O. The number of benzene rings is 2. The molecule has 1 aliphatic rings. The van der Waals surface area contributed by atoms with Crippen LogP contribution in [0.5, 0.6) is 0 Å². The summed E-state index contributed by atoms with van der Waals surface area (Å²) in [5.41, 5.74) is 12.6. The zero-order valence-corrected chi connectivity index (χ0v) is 18.5. The van der Waals surface area contributed by atoms with E-state index >= 15 is 0 Å². The molecule has 4 heteroatoms. The molecule has 0 aliphatic carbocycles. The van der Waals surface area contributed by atoms with Gasteiger partial charge in [0, 0.05) is 36.0 Å². The average Bonchev–Trinajstić information content (AvgIpc) is 3.08. The fourth-order valence-corrected chi connectivity index (χ4v) is 4.51. The maximum absolute atomic E-state index is 12.3. The summed E-state index contributed by atoms with van der Waals surface area (Å²) < 4.78 is 0. The van der Waals surface area contributed by atoms with Gasteiger partial charge in [0.1, 0.15) is 5.82 Å². The van der Waals surface area contributed by atoms with Crippen molar-refractivity contribution >= 4 is 11.7 Å². The van der Waals surface area contributed by atoms with Crippen molar-refractivity contribution in [3.63, 3.8) is 0 Å². The van der Waals surface area contributed by atoms with E-state index in [0.29, 0.717) is 5.56 Å². The fraction of sp³-hybridized carbons (Fsp3) is 0.333. The van der Waals surface area contributed by atoms with E-state index in [0.717, 1.165) is 53.1 Å². The molecule has 1 aromatic heterocycles. The number of rotatable bonds is 5. The molecular weight excluding hydrogens is 382 g/mol. The molecule has 2 N–H and O–H groups in total. The summed E-state index contributed by atoms with van der Waals surface area (Å²) in [6, 6.07) is 16.5. The minimum Gasteiger partial charge on any atom is -0.366 e. The second-order valence-corrected chi connectivity index (χ2v) is 8.40. The Morgan fingerprint density at radius 2 is 1.58 bits per heavy atom. The van der Waals surface area contributed by atoms with Crippen LogP contribution in [-0.2, 0) is 6.42 Å². The molecule has 1 fully saturated rings. The van der Waals surface area contributed by atoms with Gasteiger partial charge in [-0.25, -0.2) is 4.98 Å². The first kappa shape index (κ1) is 21.1. The van der Waals surface area contributed by atoms with Crippen molar-refractivity contribution in [2.45, 2.75) is 46.0 Å². The van der Waals surface area contributed by atoms with Crippen molar-refractivity contribution in [1.82, 2.24) is 4.98 Å². The van der Waals surface area contributed by atoms with Gasteiger partial charge in [0.25, 0.3) is 0 Å². The first-order chi connectivity index (χ1) is 15.1. The summed E-state index contributed by atoms with van der Waals surface area (Å²) >= 11 is 0. The Labute approximate surface area is 185 Å². The molecule has 2 aromatic carbocycles. The first-order valence-corrected chi connectivity index (χ1v) is 11.3. The molecule has 0 radical (unpaired) electrons. The van der Waals surface area contributed by atoms with Crippen LogP contribution in [0.2, 0.25) is 0 Å². The second-order valence-electron chi connectivity index (χ2n) is 8.40. The lowest BCUT2D eigenvalue weighted by Crippen LogP contribution is -2.24. The Kier molecular flexibility index (Phi) is 6.36. The standard InChI is InChI=1S/C27H31N3O/c1-3-20-9-11-21(12-10-20)25-19(2)8-14-23(27(28)31)26(25)22-13-15-24(29-18-22)30-16-6-4-5-7-17-30/h8-15,18H,3-7,16-17H2,1-2H3,(H2,28,31). The summed E-state index contributed by atoms with van der Waals surface area (Å²) in [6.45, 7) is 6.34. The number of pyridine rings is 1. The van der Waals surface area contributed by atoms with Gasteiger partial charge in [-0.2, -0.15) is 0 Å². The Morgan fingerprint density at radius 1 is 0.903 bits per heavy atom. The zero-order chi connectivity index (χ0) is 21.8. The molecule has 1 aliphatic heterocycles. The van der Waals surface area contributed by atoms with E-state index in [4.69, 9.17) is 10.7 Å². The zero-order valence-electron chi connectivity index (χ0n) is 18.5. The second kappa shape index (κ2) is 9.34. The summed E-state index contributed by atoms with van der Waals surface area (Å²) in [5, 5.41) is 0. The van der Waals surface area contributed by atoms with Crippen LogP contribution in [0.4, 0.5) is 5.82 Å². The molecule has 160 valence electrons. The van der Waals surface area contributed by atoms with Crippen molar-refractivity contribution in [2.24, 2.45) is 5.73 Å². The van der Waals surface area contributed by atoms with Gasteiger partial charge < -0.3 is 10.6 Å². The van der Waals surface area contributed by atoms with Crippen LogP contribution in [0.15, 0.2) is 54.7 Å². The quantitative estimate of drug-likeness (QED) is 0.578. The van der Waals surface area contributed by atoms with E-state index in [9.17, 15) is 4.79 Å². The van der Waals surface area contributed by atoms with Gasteiger partial charge >= 0.3 is 0 Å². The number of hydrogen-bond donors (Lipinski definition) is 1. The van der Waals surface area contributed by atoms with Crippen molar-refractivity contribution in [1.29, 1.82) is 0 Å². The molecule has 4 nitrogen and oxygen atoms in total. The Bertz CT molecular complexity index is 1050. The lowest BCUT2D eigenvalue weighted by atomic mass is 9.87. The number of primary amides is 1. The Balaban J connectivity index is 1.80. The van der Waals surface area contributed by atoms with Crippen LogP contribution in [0.25, 0.3) is 22.3 Å². The van der Waals surface area contributed by atoms with E-state index in [1.807, 2.05) is 18.3 Å². The largest absolute Gasteiger partial charge is 0.366 e. The lowest BCUT2D eigenvalue weighted by Gasteiger charge is -2.22. The van der Waals surface area contributed by atoms with Crippen LogP contribution in [0.1, 0.15) is 54.1 Å². The van der Waals surface area contributed by atoms with E-state index in [2.05, 4.69) is 55.1 Å². The smallest absolute Gasteiger partial charge is 0.249 e. The monoisotopic (exact) mass is 413 g/mol. The molecule has 31 heavy (non-hydrogen) atoms. The van der Waals surface area contributed by atoms with Crippen LogP contribution in [0, 0.1) is 6.92 Å². The summed E-state index contributed by atoms with van der Waals surface area (Å²) in [5.74, 6) is 0.589. The fourth-order valence-electron chi connectivity index (χ4n) is 4.51. The van der Waals surface area contributed by atoms with E-state index in [1.165, 1.54) is 31.2 Å². The SMILES string of the molecule is CCc1ccc(-c2c(C)ccc(C(N)=O)c2-c2ccc(N3CCCCCC3)nc2)cc1. The Hall–Kier alpha value is -3.14. The summed E-state index contributed by atoms with van der Waals surface area (Å²) in [6.07, 6.45) is 7.90. The average molecular weight is 414 g/mol. The predicted octanol–water partition coefficient (Wildman–Crippen LogP) is 5.77. The number of aryl methyl sites for hydroxylation is 2. The van der Waals surface area contributed by atoms with Gasteiger partial charge in [0.2, 0.25) is 5.91 Å². The van der Waals surface area contributed by atoms with Crippen LogP contribution in [-0.4, -0.2) is 24.0 Å². The molecule has 0 unspecified atom stereocenters. The van der Waals surface area contributed by atoms with Crippen LogP contribution >= 0.6 is 0 Å². The van der Waals surface area contributed by atoms with Gasteiger partial charge in [-0.3, -0.25) is 4.79 Å². The van der Waals surface area contributed by atoms with Crippen molar-refractivity contribution in [3.05, 3.63) is 71.4 Å². The van der Waals surface area contributed by atoms with Gasteiger partial charge in [0.05, 0.1) is 0 Å². The maximum atomic E-state index is 12.3. The predicted molar refractivity (Wildman–Crippen MR) is 128 cm³/mol. The number of amides is 1. The summed E-state index contributed by atoms with van der Waals surface area (Å²) in [7, 11) is 0. The molecule has 1 amide bonds. The normalized spacial score (nSPS) is 14.3. The van der Waals surface area contributed by atoms with Gasteiger partial charge in [-0.1, -0.05) is 50.1 Å². The molecule has 0 bridgehead atoms.